The Morgan fingerprint density at radius 2 is 1.38 bits per heavy atom. The highest BCUT2D eigenvalue weighted by Gasteiger charge is 2.27. The molecule has 0 saturated carbocycles. The highest BCUT2D eigenvalue weighted by Crippen LogP contribution is 2.32. The van der Waals surface area contributed by atoms with Gasteiger partial charge >= 0.3 is 0 Å². The average molecular weight is 370 g/mol. The maximum Gasteiger partial charge on any atom is 0.269 e. The third-order valence-corrected chi connectivity index (χ3v) is 5.71. The van der Waals surface area contributed by atoms with Crippen molar-refractivity contribution in [1.29, 1.82) is 0 Å². The van der Waals surface area contributed by atoms with Crippen molar-refractivity contribution >= 4 is 21.1 Å². The van der Waals surface area contributed by atoms with Gasteiger partial charge in [0, 0.05) is 0 Å². The van der Waals surface area contributed by atoms with Gasteiger partial charge in [-0.25, -0.2) is 26.2 Å². The number of benzene rings is 3. The van der Waals surface area contributed by atoms with Gasteiger partial charge in [0.25, 0.3) is 10.0 Å². The summed E-state index contributed by atoms with van der Waals surface area (Å²) >= 11 is 0. The third kappa shape index (κ3) is 2.48. The Balaban J connectivity index is 2.13. The van der Waals surface area contributed by atoms with E-state index < -0.39 is 27.2 Å². The second-order valence-electron chi connectivity index (χ2n) is 5.60. The maximum absolute atomic E-state index is 14.3. The molecule has 26 heavy (non-hydrogen) atoms. The Morgan fingerprint density at radius 3 is 2.08 bits per heavy atom. The van der Waals surface area contributed by atoms with E-state index in [1.165, 1.54) is 18.2 Å². The molecule has 0 N–H and O–H groups in total. The molecule has 4 rings (SSSR count). The standard InChI is InChI=1S/C19H12F2N2O2S/c20-14-9-6-10-15(21)18(14)19-22-16-11-4-5-12-17(16)23(19)26(24,25)13-7-2-1-3-8-13/h1-12H. The van der Waals surface area contributed by atoms with E-state index in [2.05, 4.69) is 4.98 Å². The zero-order chi connectivity index (χ0) is 18.3. The molecular weight excluding hydrogens is 358 g/mol. The molecule has 0 bridgehead atoms. The third-order valence-electron chi connectivity index (χ3n) is 3.99. The molecule has 4 aromatic rings. The zero-order valence-electron chi connectivity index (χ0n) is 13.3. The first kappa shape index (κ1) is 16.4. The minimum Gasteiger partial charge on any atom is -0.227 e. The number of para-hydroxylation sites is 2. The van der Waals surface area contributed by atoms with Crippen LogP contribution in [-0.2, 0) is 10.0 Å². The second-order valence-corrected chi connectivity index (χ2v) is 7.39. The van der Waals surface area contributed by atoms with Gasteiger partial charge in [-0.15, -0.1) is 0 Å². The number of hydrogen-bond acceptors (Lipinski definition) is 3. The van der Waals surface area contributed by atoms with E-state index in [1.54, 1.807) is 42.5 Å². The lowest BCUT2D eigenvalue weighted by atomic mass is 10.2. The number of halogens is 2. The maximum atomic E-state index is 14.3. The van der Waals surface area contributed by atoms with E-state index in [9.17, 15) is 17.2 Å². The molecule has 7 heteroatoms. The molecule has 0 saturated heterocycles. The Kier molecular flexibility index (Phi) is 3.81. The topological polar surface area (TPSA) is 52.0 Å². The fourth-order valence-corrected chi connectivity index (χ4v) is 4.30. The molecule has 0 atom stereocenters. The van der Waals surface area contributed by atoms with Crippen LogP contribution in [0.2, 0.25) is 0 Å². The number of hydrogen-bond donors (Lipinski definition) is 0. The smallest absolute Gasteiger partial charge is 0.227 e. The molecule has 0 fully saturated rings. The van der Waals surface area contributed by atoms with Gasteiger partial charge in [0.2, 0.25) is 0 Å². The van der Waals surface area contributed by atoms with Gasteiger partial charge in [-0.1, -0.05) is 36.4 Å². The molecule has 3 aromatic carbocycles. The minimum atomic E-state index is -4.11. The van der Waals surface area contributed by atoms with Crippen LogP contribution in [0.1, 0.15) is 0 Å². The van der Waals surface area contributed by atoms with Crippen LogP contribution in [0.3, 0.4) is 0 Å². The summed E-state index contributed by atoms with van der Waals surface area (Å²) in [7, 11) is -4.11. The summed E-state index contributed by atoms with van der Waals surface area (Å²) in [4.78, 5) is 4.20. The Hall–Kier alpha value is -3.06. The van der Waals surface area contributed by atoms with Crippen molar-refractivity contribution in [1.82, 2.24) is 8.96 Å². The summed E-state index contributed by atoms with van der Waals surface area (Å²) < 4.78 is 56.0. The molecule has 1 aromatic heterocycles. The molecule has 0 aliphatic carbocycles. The zero-order valence-corrected chi connectivity index (χ0v) is 14.1. The van der Waals surface area contributed by atoms with Crippen LogP contribution < -0.4 is 0 Å². The van der Waals surface area contributed by atoms with Crippen molar-refractivity contribution < 1.29 is 17.2 Å². The molecule has 0 aliphatic rings. The Labute approximate surface area is 148 Å². The van der Waals surface area contributed by atoms with Crippen LogP contribution in [0, 0.1) is 11.6 Å². The summed E-state index contributed by atoms with van der Waals surface area (Å²) in [5.74, 6) is -2.07. The normalized spacial score (nSPS) is 11.8. The van der Waals surface area contributed by atoms with Crippen molar-refractivity contribution in [3.05, 3.63) is 84.4 Å². The molecule has 0 unspecified atom stereocenters. The highest BCUT2D eigenvalue weighted by molar-refractivity contribution is 7.90. The largest absolute Gasteiger partial charge is 0.269 e. The van der Waals surface area contributed by atoms with Gasteiger partial charge in [0.1, 0.15) is 11.6 Å². The lowest BCUT2D eigenvalue weighted by Gasteiger charge is -2.11. The first-order valence-corrected chi connectivity index (χ1v) is 9.16. The molecule has 0 radical (unpaired) electrons. The SMILES string of the molecule is O=S(=O)(c1ccccc1)n1c(-c2c(F)cccc2F)nc2ccccc21. The lowest BCUT2D eigenvalue weighted by Crippen LogP contribution is -2.15. The summed E-state index contributed by atoms with van der Waals surface area (Å²) in [5, 5.41) is 0. The van der Waals surface area contributed by atoms with E-state index in [1.807, 2.05) is 0 Å². The van der Waals surface area contributed by atoms with Gasteiger partial charge in [-0.05, 0) is 36.4 Å². The summed E-state index contributed by atoms with van der Waals surface area (Å²) in [6.07, 6.45) is 0. The van der Waals surface area contributed by atoms with Crippen molar-refractivity contribution in [3.63, 3.8) is 0 Å². The number of nitrogens with zero attached hydrogens (tertiary/aromatic N) is 2. The molecule has 0 amide bonds. The van der Waals surface area contributed by atoms with Crippen LogP contribution in [0.4, 0.5) is 8.78 Å². The van der Waals surface area contributed by atoms with E-state index in [-0.39, 0.29) is 16.2 Å². The van der Waals surface area contributed by atoms with E-state index in [0.717, 1.165) is 16.1 Å². The van der Waals surface area contributed by atoms with Crippen molar-refractivity contribution in [3.8, 4) is 11.4 Å². The van der Waals surface area contributed by atoms with Crippen LogP contribution >= 0.6 is 0 Å². The van der Waals surface area contributed by atoms with Crippen LogP contribution in [0.15, 0.2) is 77.7 Å². The Morgan fingerprint density at radius 1 is 0.769 bits per heavy atom. The van der Waals surface area contributed by atoms with Gasteiger partial charge in [0.05, 0.1) is 21.5 Å². The molecule has 130 valence electrons. The molecule has 1 heterocycles. The summed E-state index contributed by atoms with van der Waals surface area (Å²) in [5.41, 5.74) is 0.0851. The van der Waals surface area contributed by atoms with E-state index in [0.29, 0.717) is 5.52 Å². The lowest BCUT2D eigenvalue weighted by molar-refractivity contribution is 0.582. The molecule has 0 aliphatic heterocycles. The summed E-state index contributed by atoms with van der Waals surface area (Å²) in [6, 6.07) is 17.5. The first-order valence-electron chi connectivity index (χ1n) is 7.72. The predicted molar refractivity (Wildman–Crippen MR) is 94.1 cm³/mol. The van der Waals surface area contributed by atoms with Crippen LogP contribution in [0.25, 0.3) is 22.4 Å². The van der Waals surface area contributed by atoms with Crippen molar-refractivity contribution in [2.24, 2.45) is 0 Å². The second kappa shape index (κ2) is 6.03. The number of fused-ring (bicyclic) bond motifs is 1. The molecular formula is C19H12F2N2O2S. The molecule has 4 nitrogen and oxygen atoms in total. The van der Waals surface area contributed by atoms with Crippen molar-refractivity contribution in [2.45, 2.75) is 4.90 Å². The van der Waals surface area contributed by atoms with E-state index >= 15 is 0 Å². The Bertz CT molecular complexity index is 1200. The van der Waals surface area contributed by atoms with E-state index in [4.69, 9.17) is 0 Å². The van der Waals surface area contributed by atoms with Crippen molar-refractivity contribution in [2.75, 3.05) is 0 Å². The van der Waals surface area contributed by atoms with Crippen LogP contribution in [0.5, 0.6) is 0 Å². The van der Waals surface area contributed by atoms with Gasteiger partial charge in [-0.3, -0.25) is 0 Å². The number of rotatable bonds is 3. The van der Waals surface area contributed by atoms with Gasteiger partial charge in [0.15, 0.2) is 5.82 Å². The average Bonchev–Trinajstić information content (AvgIpc) is 3.02. The minimum absolute atomic E-state index is 0.00107. The predicted octanol–water partition coefficient (Wildman–Crippen LogP) is 4.22. The quantitative estimate of drug-likeness (QED) is 0.543. The molecule has 0 spiro atoms. The van der Waals surface area contributed by atoms with Crippen LogP contribution in [-0.4, -0.2) is 17.4 Å². The first-order chi connectivity index (χ1) is 12.5. The monoisotopic (exact) mass is 370 g/mol. The number of imidazole rings is 1. The van der Waals surface area contributed by atoms with Gasteiger partial charge in [-0.2, -0.15) is 0 Å². The fraction of sp³-hybridized carbons (Fsp3) is 0. The summed E-state index contributed by atoms with van der Waals surface area (Å²) in [6.45, 7) is 0. The fourth-order valence-electron chi connectivity index (χ4n) is 2.81. The highest BCUT2D eigenvalue weighted by atomic mass is 32.2. The van der Waals surface area contributed by atoms with Gasteiger partial charge < -0.3 is 0 Å². The number of aromatic nitrogens is 2.